The van der Waals surface area contributed by atoms with E-state index in [0.29, 0.717) is 0 Å². The summed E-state index contributed by atoms with van der Waals surface area (Å²) in [5, 5.41) is 0.895. The zero-order valence-electron chi connectivity index (χ0n) is 7.24. The molecule has 0 aromatic heterocycles. The van der Waals surface area contributed by atoms with Crippen LogP contribution in [0.4, 0.5) is 0 Å². The Morgan fingerprint density at radius 3 is 2.77 bits per heavy atom. The first-order valence-electron chi connectivity index (χ1n) is 4.33. The van der Waals surface area contributed by atoms with Gasteiger partial charge in [0.2, 0.25) is 0 Å². The maximum Gasteiger partial charge on any atom is 0.105 e. The van der Waals surface area contributed by atoms with Gasteiger partial charge in [0.1, 0.15) is 6.10 Å². The van der Waals surface area contributed by atoms with E-state index in [2.05, 4.69) is 34.1 Å². The third kappa shape index (κ3) is 1.84. The van der Waals surface area contributed by atoms with Gasteiger partial charge in [0.05, 0.1) is 6.61 Å². The topological polar surface area (TPSA) is 9.23 Å². The summed E-state index contributed by atoms with van der Waals surface area (Å²) < 4.78 is 5.62. The lowest BCUT2D eigenvalue weighted by molar-refractivity contribution is 0.123. The SMILES string of the molecule is BrCC1=CCOC1c1ccccc1. The van der Waals surface area contributed by atoms with Crippen LogP contribution in [0.2, 0.25) is 0 Å². The van der Waals surface area contributed by atoms with Crippen molar-refractivity contribution in [1.82, 2.24) is 0 Å². The molecule has 1 aliphatic rings. The summed E-state index contributed by atoms with van der Waals surface area (Å²) in [5.74, 6) is 0. The first-order chi connectivity index (χ1) is 6.42. The van der Waals surface area contributed by atoms with Gasteiger partial charge in [-0.2, -0.15) is 0 Å². The molecular formula is C11H11BrO. The summed E-state index contributed by atoms with van der Waals surface area (Å²) in [6.07, 6.45) is 2.31. The van der Waals surface area contributed by atoms with Crippen molar-refractivity contribution < 1.29 is 4.74 Å². The fourth-order valence-corrected chi connectivity index (χ4v) is 2.05. The first kappa shape index (κ1) is 8.97. The van der Waals surface area contributed by atoms with E-state index in [-0.39, 0.29) is 6.10 Å². The van der Waals surface area contributed by atoms with Crippen molar-refractivity contribution in [1.29, 1.82) is 0 Å². The maximum atomic E-state index is 5.62. The van der Waals surface area contributed by atoms with E-state index in [1.165, 1.54) is 11.1 Å². The molecule has 0 N–H and O–H groups in total. The molecule has 68 valence electrons. The number of rotatable bonds is 2. The third-order valence-corrected chi connectivity index (χ3v) is 2.85. The standard InChI is InChI=1S/C11H11BrO/c12-8-10-6-7-13-11(10)9-4-2-1-3-5-9/h1-6,11H,7-8H2. The van der Waals surface area contributed by atoms with Crippen molar-refractivity contribution in [3.63, 3.8) is 0 Å². The monoisotopic (exact) mass is 238 g/mol. The maximum absolute atomic E-state index is 5.62. The molecule has 1 unspecified atom stereocenters. The summed E-state index contributed by atoms with van der Waals surface area (Å²) in [6, 6.07) is 10.3. The molecule has 1 aromatic rings. The van der Waals surface area contributed by atoms with Crippen LogP contribution in [0.15, 0.2) is 42.0 Å². The number of alkyl halides is 1. The molecule has 1 atom stereocenters. The van der Waals surface area contributed by atoms with Crippen molar-refractivity contribution in [3.05, 3.63) is 47.5 Å². The van der Waals surface area contributed by atoms with Gasteiger partial charge in [-0.25, -0.2) is 0 Å². The predicted octanol–water partition coefficient (Wildman–Crippen LogP) is 3.08. The normalized spacial score (nSPS) is 21.6. The number of benzene rings is 1. The average Bonchev–Trinajstić information content (AvgIpc) is 2.67. The van der Waals surface area contributed by atoms with E-state index in [1.807, 2.05) is 18.2 Å². The van der Waals surface area contributed by atoms with Gasteiger partial charge in [-0.15, -0.1) is 0 Å². The van der Waals surface area contributed by atoms with E-state index in [0.717, 1.165) is 11.9 Å². The van der Waals surface area contributed by atoms with Crippen LogP contribution < -0.4 is 0 Å². The lowest BCUT2D eigenvalue weighted by atomic mass is 10.0. The van der Waals surface area contributed by atoms with Crippen molar-refractivity contribution in [2.45, 2.75) is 6.10 Å². The second-order valence-corrected chi connectivity index (χ2v) is 3.60. The van der Waals surface area contributed by atoms with E-state index < -0.39 is 0 Å². The molecule has 1 aromatic carbocycles. The summed E-state index contributed by atoms with van der Waals surface area (Å²) >= 11 is 3.47. The van der Waals surface area contributed by atoms with Crippen molar-refractivity contribution in [2.75, 3.05) is 11.9 Å². The molecule has 2 heteroatoms. The molecule has 0 radical (unpaired) electrons. The Kier molecular flexibility index (Phi) is 2.81. The highest BCUT2D eigenvalue weighted by Gasteiger charge is 2.20. The van der Waals surface area contributed by atoms with Crippen molar-refractivity contribution >= 4 is 15.9 Å². The average molecular weight is 239 g/mol. The van der Waals surface area contributed by atoms with Gasteiger partial charge < -0.3 is 4.74 Å². The molecule has 0 spiro atoms. The van der Waals surface area contributed by atoms with Crippen LogP contribution in [0.1, 0.15) is 11.7 Å². The Hall–Kier alpha value is -0.600. The van der Waals surface area contributed by atoms with E-state index in [9.17, 15) is 0 Å². The van der Waals surface area contributed by atoms with Crippen LogP contribution in [0.25, 0.3) is 0 Å². The molecular weight excluding hydrogens is 228 g/mol. The number of hydrogen-bond acceptors (Lipinski definition) is 1. The van der Waals surface area contributed by atoms with Gasteiger partial charge in [0, 0.05) is 5.33 Å². The Bertz CT molecular complexity index is 305. The molecule has 0 aliphatic carbocycles. The molecule has 1 nitrogen and oxygen atoms in total. The van der Waals surface area contributed by atoms with Gasteiger partial charge in [-0.3, -0.25) is 0 Å². The number of halogens is 1. The highest BCUT2D eigenvalue weighted by Crippen LogP contribution is 2.30. The van der Waals surface area contributed by atoms with Crippen LogP contribution in [0.3, 0.4) is 0 Å². The van der Waals surface area contributed by atoms with Gasteiger partial charge in [0.25, 0.3) is 0 Å². The Balaban J connectivity index is 2.23. The highest BCUT2D eigenvalue weighted by atomic mass is 79.9. The lowest BCUT2D eigenvalue weighted by Gasteiger charge is -2.12. The van der Waals surface area contributed by atoms with Gasteiger partial charge in [0.15, 0.2) is 0 Å². The zero-order valence-corrected chi connectivity index (χ0v) is 8.83. The molecule has 13 heavy (non-hydrogen) atoms. The molecule has 1 aliphatic heterocycles. The first-order valence-corrected chi connectivity index (χ1v) is 5.45. The van der Waals surface area contributed by atoms with Crippen LogP contribution >= 0.6 is 15.9 Å². The predicted molar refractivity (Wildman–Crippen MR) is 57.0 cm³/mol. The van der Waals surface area contributed by atoms with Gasteiger partial charge in [-0.05, 0) is 11.1 Å². The van der Waals surface area contributed by atoms with Gasteiger partial charge >= 0.3 is 0 Å². The minimum absolute atomic E-state index is 0.167. The zero-order chi connectivity index (χ0) is 9.10. The van der Waals surface area contributed by atoms with Crippen molar-refractivity contribution in [3.8, 4) is 0 Å². The largest absolute Gasteiger partial charge is 0.365 e. The molecule has 0 amide bonds. The van der Waals surface area contributed by atoms with Crippen LogP contribution in [0, 0.1) is 0 Å². The molecule has 2 rings (SSSR count). The number of hydrogen-bond donors (Lipinski definition) is 0. The molecule has 0 saturated heterocycles. The fraction of sp³-hybridized carbons (Fsp3) is 0.273. The Morgan fingerprint density at radius 2 is 2.08 bits per heavy atom. The Labute approximate surface area is 86.5 Å². The second-order valence-electron chi connectivity index (χ2n) is 3.04. The third-order valence-electron chi connectivity index (χ3n) is 2.20. The molecule has 0 fully saturated rings. The smallest absolute Gasteiger partial charge is 0.105 e. The fourth-order valence-electron chi connectivity index (χ4n) is 1.53. The minimum Gasteiger partial charge on any atom is -0.365 e. The van der Waals surface area contributed by atoms with E-state index >= 15 is 0 Å². The molecule has 0 bridgehead atoms. The minimum atomic E-state index is 0.167. The second kappa shape index (κ2) is 4.07. The summed E-state index contributed by atoms with van der Waals surface area (Å²) in [5.41, 5.74) is 2.57. The van der Waals surface area contributed by atoms with Crippen molar-refractivity contribution in [2.24, 2.45) is 0 Å². The van der Waals surface area contributed by atoms with Crippen LogP contribution in [-0.4, -0.2) is 11.9 Å². The van der Waals surface area contributed by atoms with Crippen LogP contribution in [-0.2, 0) is 4.74 Å². The molecule has 0 saturated carbocycles. The quantitative estimate of drug-likeness (QED) is 0.569. The summed E-state index contributed by atoms with van der Waals surface area (Å²) in [4.78, 5) is 0. The lowest BCUT2D eigenvalue weighted by Crippen LogP contribution is -2.01. The van der Waals surface area contributed by atoms with E-state index in [1.54, 1.807) is 0 Å². The van der Waals surface area contributed by atoms with Gasteiger partial charge in [-0.1, -0.05) is 52.3 Å². The van der Waals surface area contributed by atoms with E-state index in [4.69, 9.17) is 4.74 Å². The molecule has 1 heterocycles. The summed E-state index contributed by atoms with van der Waals surface area (Å²) in [6.45, 7) is 0.737. The number of ether oxygens (including phenoxy) is 1. The summed E-state index contributed by atoms with van der Waals surface area (Å²) in [7, 11) is 0. The Morgan fingerprint density at radius 1 is 1.31 bits per heavy atom. The highest BCUT2D eigenvalue weighted by molar-refractivity contribution is 9.09. The van der Waals surface area contributed by atoms with Crippen LogP contribution in [0.5, 0.6) is 0 Å².